The van der Waals surface area contributed by atoms with E-state index in [0.29, 0.717) is 6.42 Å². The third-order valence-electron chi connectivity index (χ3n) is 3.54. The molecule has 2 N–H and O–H groups in total. The fraction of sp³-hybridized carbons (Fsp3) is 0.538. The van der Waals surface area contributed by atoms with Gasteiger partial charge in [-0.1, -0.05) is 12.8 Å². The number of hydrogen-bond acceptors (Lipinski definition) is 4. The third-order valence-corrected chi connectivity index (χ3v) is 3.54. The summed E-state index contributed by atoms with van der Waals surface area (Å²) >= 11 is 0. The van der Waals surface area contributed by atoms with E-state index in [-0.39, 0.29) is 17.6 Å². The number of aromatic carboxylic acids is 1. The lowest BCUT2D eigenvalue weighted by atomic mass is 9.91. The smallest absolute Gasteiger partial charge is 0.371 e. The molecule has 1 amide bonds. The Kier molecular flexibility index (Phi) is 3.90. The van der Waals surface area contributed by atoms with Crippen molar-refractivity contribution in [3.05, 3.63) is 23.7 Å². The van der Waals surface area contributed by atoms with Crippen LogP contribution in [0.25, 0.3) is 0 Å². The summed E-state index contributed by atoms with van der Waals surface area (Å²) in [5.74, 6) is -1.89. The summed E-state index contributed by atoms with van der Waals surface area (Å²) in [6.45, 7) is 0. The first-order valence-corrected chi connectivity index (χ1v) is 6.29. The summed E-state index contributed by atoms with van der Waals surface area (Å²) in [6.07, 6.45) is 2.83. The Morgan fingerprint density at radius 2 is 1.89 bits per heavy atom. The molecule has 1 aliphatic carbocycles. The summed E-state index contributed by atoms with van der Waals surface area (Å²) in [6, 6.07) is 2.36. The number of carbonyl (C=O) groups excluding carboxylic acids is 1. The average molecular weight is 267 g/mol. The Bertz CT molecular complexity index is 481. The molecule has 2 rings (SSSR count). The van der Waals surface area contributed by atoms with E-state index in [2.05, 4.69) is 0 Å². The highest BCUT2D eigenvalue weighted by Gasteiger charge is 2.31. The predicted octanol–water partition coefficient (Wildman–Crippen LogP) is 1.35. The highest BCUT2D eigenvalue weighted by Crippen LogP contribution is 2.24. The van der Waals surface area contributed by atoms with Gasteiger partial charge in [-0.15, -0.1) is 0 Å². The summed E-state index contributed by atoms with van der Waals surface area (Å²) in [5, 5.41) is 18.7. The second kappa shape index (κ2) is 5.44. The second-order valence-corrected chi connectivity index (χ2v) is 4.80. The Morgan fingerprint density at radius 1 is 1.26 bits per heavy atom. The van der Waals surface area contributed by atoms with Gasteiger partial charge in [0.1, 0.15) is 0 Å². The number of aliphatic hydroxyl groups excluding tert-OH is 1. The molecule has 1 aromatic rings. The molecule has 1 saturated carbocycles. The van der Waals surface area contributed by atoms with E-state index >= 15 is 0 Å². The molecule has 19 heavy (non-hydrogen) atoms. The summed E-state index contributed by atoms with van der Waals surface area (Å²) < 4.78 is 4.98. The zero-order valence-electron chi connectivity index (χ0n) is 10.7. The molecule has 0 spiro atoms. The largest absolute Gasteiger partial charge is 0.475 e. The molecular formula is C13H17NO5. The van der Waals surface area contributed by atoms with E-state index in [1.165, 1.54) is 17.0 Å². The van der Waals surface area contributed by atoms with Gasteiger partial charge in [0, 0.05) is 7.05 Å². The zero-order valence-corrected chi connectivity index (χ0v) is 10.7. The molecule has 1 heterocycles. The number of amides is 1. The highest BCUT2D eigenvalue weighted by molar-refractivity contribution is 5.93. The van der Waals surface area contributed by atoms with Crippen LogP contribution in [0.2, 0.25) is 0 Å². The van der Waals surface area contributed by atoms with Crippen molar-refractivity contribution in [1.82, 2.24) is 4.90 Å². The van der Waals surface area contributed by atoms with E-state index in [1.54, 1.807) is 7.05 Å². The number of carboxylic acid groups (broad SMARTS) is 1. The van der Waals surface area contributed by atoms with Gasteiger partial charge in [-0.2, -0.15) is 0 Å². The first-order valence-electron chi connectivity index (χ1n) is 6.29. The summed E-state index contributed by atoms with van der Waals surface area (Å²) in [4.78, 5) is 24.3. The lowest BCUT2D eigenvalue weighted by Gasteiger charge is -2.34. The summed E-state index contributed by atoms with van der Waals surface area (Å²) in [7, 11) is 1.60. The van der Waals surface area contributed by atoms with Gasteiger partial charge < -0.3 is 19.5 Å². The van der Waals surface area contributed by atoms with Gasteiger partial charge in [0.2, 0.25) is 5.76 Å². The van der Waals surface area contributed by atoms with E-state index in [9.17, 15) is 14.7 Å². The predicted molar refractivity (Wildman–Crippen MR) is 66.0 cm³/mol. The van der Waals surface area contributed by atoms with Crippen molar-refractivity contribution in [2.45, 2.75) is 37.8 Å². The molecule has 0 radical (unpaired) electrons. The van der Waals surface area contributed by atoms with Gasteiger partial charge in [-0.25, -0.2) is 4.79 Å². The number of carboxylic acids is 1. The molecule has 6 nitrogen and oxygen atoms in total. The van der Waals surface area contributed by atoms with Gasteiger partial charge in [0.15, 0.2) is 5.76 Å². The van der Waals surface area contributed by atoms with Crippen molar-refractivity contribution in [3.63, 3.8) is 0 Å². The molecular weight excluding hydrogens is 250 g/mol. The SMILES string of the molecule is CN(C(=O)c1ccc(C(=O)O)o1)C1CCCCC1O. The van der Waals surface area contributed by atoms with Crippen LogP contribution < -0.4 is 0 Å². The van der Waals surface area contributed by atoms with Crippen molar-refractivity contribution < 1.29 is 24.2 Å². The van der Waals surface area contributed by atoms with Crippen LogP contribution >= 0.6 is 0 Å². The van der Waals surface area contributed by atoms with Crippen molar-refractivity contribution in [2.24, 2.45) is 0 Å². The molecule has 104 valence electrons. The molecule has 6 heteroatoms. The Morgan fingerprint density at radius 3 is 2.47 bits per heavy atom. The number of furan rings is 1. The summed E-state index contributed by atoms with van der Waals surface area (Å²) in [5.41, 5.74) is 0. The number of aliphatic hydroxyl groups is 1. The first kappa shape index (κ1) is 13.6. The van der Waals surface area contributed by atoms with Gasteiger partial charge in [-0.05, 0) is 25.0 Å². The van der Waals surface area contributed by atoms with Crippen LogP contribution in [0.5, 0.6) is 0 Å². The van der Waals surface area contributed by atoms with Gasteiger partial charge in [0.05, 0.1) is 12.1 Å². The van der Waals surface area contributed by atoms with Crippen LogP contribution in [0.15, 0.2) is 16.5 Å². The van der Waals surface area contributed by atoms with Crippen LogP contribution in [-0.2, 0) is 0 Å². The van der Waals surface area contributed by atoms with Crippen molar-refractivity contribution >= 4 is 11.9 Å². The Labute approximate surface area is 110 Å². The number of hydrogen-bond donors (Lipinski definition) is 2. The Hall–Kier alpha value is -1.82. The van der Waals surface area contributed by atoms with Crippen LogP contribution in [0.3, 0.4) is 0 Å². The van der Waals surface area contributed by atoms with Gasteiger partial charge in [0.25, 0.3) is 5.91 Å². The molecule has 0 aromatic carbocycles. The third kappa shape index (κ3) is 2.78. The minimum Gasteiger partial charge on any atom is -0.475 e. The zero-order chi connectivity index (χ0) is 14.0. The van der Waals surface area contributed by atoms with Crippen LogP contribution in [0.4, 0.5) is 0 Å². The number of nitrogens with zero attached hydrogens (tertiary/aromatic N) is 1. The lowest BCUT2D eigenvalue weighted by molar-refractivity contribution is 0.0248. The minimum absolute atomic E-state index is 0.0160. The normalized spacial score (nSPS) is 23.1. The maximum atomic E-state index is 12.2. The molecule has 2 unspecified atom stereocenters. The van der Waals surface area contributed by atoms with Crippen LogP contribution in [0.1, 0.15) is 46.8 Å². The van der Waals surface area contributed by atoms with E-state index in [1.807, 2.05) is 0 Å². The molecule has 1 aromatic heterocycles. The quantitative estimate of drug-likeness (QED) is 0.862. The lowest BCUT2D eigenvalue weighted by Crippen LogP contribution is -2.46. The minimum atomic E-state index is -1.21. The van der Waals surface area contributed by atoms with Crippen molar-refractivity contribution in [3.8, 4) is 0 Å². The van der Waals surface area contributed by atoms with E-state index in [4.69, 9.17) is 9.52 Å². The monoisotopic (exact) mass is 267 g/mol. The van der Waals surface area contributed by atoms with E-state index < -0.39 is 18.0 Å². The maximum Gasteiger partial charge on any atom is 0.371 e. The molecule has 2 atom stereocenters. The maximum absolute atomic E-state index is 12.2. The fourth-order valence-electron chi connectivity index (χ4n) is 2.44. The van der Waals surface area contributed by atoms with Crippen LogP contribution in [-0.4, -0.2) is 46.2 Å². The number of carbonyl (C=O) groups is 2. The van der Waals surface area contributed by atoms with Crippen LogP contribution in [0, 0.1) is 0 Å². The van der Waals surface area contributed by atoms with Gasteiger partial charge in [-0.3, -0.25) is 4.79 Å². The number of likely N-dealkylation sites (N-methyl/N-ethyl adjacent to an activating group) is 1. The highest BCUT2D eigenvalue weighted by atomic mass is 16.4. The average Bonchev–Trinajstić information content (AvgIpc) is 2.87. The molecule has 1 aliphatic rings. The van der Waals surface area contributed by atoms with Gasteiger partial charge >= 0.3 is 5.97 Å². The Balaban J connectivity index is 2.11. The molecule has 0 aliphatic heterocycles. The van der Waals surface area contributed by atoms with Crippen molar-refractivity contribution in [1.29, 1.82) is 0 Å². The topological polar surface area (TPSA) is 91.0 Å². The second-order valence-electron chi connectivity index (χ2n) is 4.80. The standard InChI is InChI=1S/C13H17NO5/c1-14(8-4-2-3-5-9(8)15)12(16)10-6-7-11(19-10)13(17)18/h6-9,15H,2-5H2,1H3,(H,17,18). The molecule has 0 saturated heterocycles. The fourth-order valence-corrected chi connectivity index (χ4v) is 2.44. The van der Waals surface area contributed by atoms with Crippen molar-refractivity contribution in [2.75, 3.05) is 7.05 Å². The first-order chi connectivity index (χ1) is 9.00. The molecule has 0 bridgehead atoms. The van der Waals surface area contributed by atoms with E-state index in [0.717, 1.165) is 19.3 Å². The molecule has 1 fully saturated rings. The number of rotatable bonds is 3.